The molecule has 0 aromatic carbocycles. The molecule has 0 spiro atoms. The SMILES string of the molecule is C=CC(C)NC1C=CS(=O)(=O)C1. The van der Waals surface area contributed by atoms with Crippen LogP contribution in [0.2, 0.25) is 0 Å². The number of sulfone groups is 1. The van der Waals surface area contributed by atoms with Gasteiger partial charge in [-0.2, -0.15) is 0 Å². The van der Waals surface area contributed by atoms with Gasteiger partial charge in [0, 0.05) is 17.5 Å². The molecule has 0 fully saturated rings. The molecule has 2 atom stereocenters. The smallest absolute Gasteiger partial charge is 0.173 e. The summed E-state index contributed by atoms with van der Waals surface area (Å²) in [5, 5.41) is 4.36. The highest BCUT2D eigenvalue weighted by molar-refractivity contribution is 7.94. The Hall–Kier alpha value is -0.610. The highest BCUT2D eigenvalue weighted by atomic mass is 32.2. The van der Waals surface area contributed by atoms with E-state index < -0.39 is 9.84 Å². The Labute approximate surface area is 73.1 Å². The molecule has 0 aromatic heterocycles. The number of nitrogens with one attached hydrogen (secondary N) is 1. The van der Waals surface area contributed by atoms with Crippen molar-refractivity contribution < 1.29 is 8.42 Å². The Bertz CT molecular complexity index is 292. The van der Waals surface area contributed by atoms with Crippen molar-refractivity contribution in [2.24, 2.45) is 0 Å². The second-order valence-electron chi connectivity index (χ2n) is 2.96. The van der Waals surface area contributed by atoms with Crippen molar-refractivity contribution >= 4 is 9.84 Å². The van der Waals surface area contributed by atoms with Gasteiger partial charge in [0.05, 0.1) is 5.75 Å². The lowest BCUT2D eigenvalue weighted by molar-refractivity contribution is 0.573. The Morgan fingerprint density at radius 3 is 2.83 bits per heavy atom. The van der Waals surface area contributed by atoms with Crippen molar-refractivity contribution in [2.75, 3.05) is 5.75 Å². The van der Waals surface area contributed by atoms with Gasteiger partial charge >= 0.3 is 0 Å². The van der Waals surface area contributed by atoms with Crippen LogP contribution in [-0.2, 0) is 9.84 Å². The van der Waals surface area contributed by atoms with E-state index in [1.165, 1.54) is 5.41 Å². The largest absolute Gasteiger partial charge is 0.304 e. The van der Waals surface area contributed by atoms with Crippen LogP contribution < -0.4 is 5.32 Å². The van der Waals surface area contributed by atoms with E-state index in [4.69, 9.17) is 0 Å². The van der Waals surface area contributed by atoms with Gasteiger partial charge in [0.1, 0.15) is 0 Å². The van der Waals surface area contributed by atoms with E-state index in [-0.39, 0.29) is 17.8 Å². The molecular formula is C8H13NO2S. The molecule has 0 aromatic rings. The molecular weight excluding hydrogens is 174 g/mol. The normalized spacial score (nSPS) is 28.6. The Kier molecular flexibility index (Phi) is 2.69. The Morgan fingerprint density at radius 2 is 2.42 bits per heavy atom. The van der Waals surface area contributed by atoms with Crippen molar-refractivity contribution in [2.45, 2.75) is 19.0 Å². The van der Waals surface area contributed by atoms with E-state index >= 15 is 0 Å². The fraction of sp³-hybridized carbons (Fsp3) is 0.500. The first-order chi connectivity index (χ1) is 5.53. The molecule has 68 valence electrons. The van der Waals surface area contributed by atoms with Crippen LogP contribution in [0.3, 0.4) is 0 Å². The van der Waals surface area contributed by atoms with Gasteiger partial charge in [0.25, 0.3) is 0 Å². The predicted molar refractivity (Wildman–Crippen MR) is 49.5 cm³/mol. The van der Waals surface area contributed by atoms with Gasteiger partial charge in [-0.1, -0.05) is 12.2 Å². The van der Waals surface area contributed by atoms with Gasteiger partial charge in [0.2, 0.25) is 0 Å². The van der Waals surface area contributed by atoms with Crippen LogP contribution >= 0.6 is 0 Å². The van der Waals surface area contributed by atoms with E-state index in [0.29, 0.717) is 0 Å². The quantitative estimate of drug-likeness (QED) is 0.653. The van der Waals surface area contributed by atoms with Crippen molar-refractivity contribution in [1.29, 1.82) is 0 Å². The van der Waals surface area contributed by atoms with Crippen LogP contribution in [0.1, 0.15) is 6.92 Å². The van der Waals surface area contributed by atoms with Crippen molar-refractivity contribution in [3.63, 3.8) is 0 Å². The van der Waals surface area contributed by atoms with E-state index in [0.717, 1.165) is 0 Å². The maximum absolute atomic E-state index is 11.0. The third-order valence-electron chi connectivity index (χ3n) is 1.76. The summed E-state index contributed by atoms with van der Waals surface area (Å²) in [4.78, 5) is 0. The molecule has 1 rings (SSSR count). The van der Waals surface area contributed by atoms with Gasteiger partial charge in [-0.3, -0.25) is 0 Å². The minimum atomic E-state index is -2.93. The maximum atomic E-state index is 11.0. The lowest BCUT2D eigenvalue weighted by Gasteiger charge is -2.13. The third-order valence-corrected chi connectivity index (χ3v) is 3.16. The van der Waals surface area contributed by atoms with Crippen LogP contribution in [0.25, 0.3) is 0 Å². The van der Waals surface area contributed by atoms with Crippen molar-refractivity contribution in [1.82, 2.24) is 5.32 Å². The molecule has 0 amide bonds. The van der Waals surface area contributed by atoms with Gasteiger partial charge < -0.3 is 5.32 Å². The maximum Gasteiger partial charge on any atom is 0.173 e. The summed E-state index contributed by atoms with van der Waals surface area (Å²) in [6.07, 6.45) is 3.42. The summed E-state index contributed by atoms with van der Waals surface area (Å²) in [5.41, 5.74) is 0. The van der Waals surface area contributed by atoms with Gasteiger partial charge in [-0.05, 0) is 6.92 Å². The first-order valence-corrected chi connectivity index (χ1v) is 5.54. The van der Waals surface area contributed by atoms with Crippen LogP contribution in [0.15, 0.2) is 24.1 Å². The molecule has 4 heteroatoms. The minimum Gasteiger partial charge on any atom is -0.304 e. The Balaban J connectivity index is 2.50. The summed E-state index contributed by atoms with van der Waals surface area (Å²) in [5.74, 6) is 0.172. The van der Waals surface area contributed by atoms with E-state index in [1.54, 1.807) is 12.2 Å². The van der Waals surface area contributed by atoms with Crippen LogP contribution in [-0.4, -0.2) is 26.3 Å². The third kappa shape index (κ3) is 2.46. The second kappa shape index (κ2) is 3.41. The van der Waals surface area contributed by atoms with Gasteiger partial charge in [-0.25, -0.2) is 8.42 Å². The first kappa shape index (κ1) is 9.48. The van der Waals surface area contributed by atoms with Crippen LogP contribution in [0.5, 0.6) is 0 Å². The molecule has 1 aliphatic rings. The monoisotopic (exact) mass is 187 g/mol. The fourth-order valence-electron chi connectivity index (χ4n) is 1.09. The summed E-state index contributed by atoms with van der Waals surface area (Å²) in [7, 11) is -2.93. The Morgan fingerprint density at radius 1 is 1.75 bits per heavy atom. The predicted octanol–water partition coefficient (Wildman–Crippen LogP) is 0.461. The molecule has 1 heterocycles. The standard InChI is InChI=1S/C8H13NO2S/c1-3-7(2)9-8-4-5-12(10,11)6-8/h3-5,7-9H,1,6H2,2H3. The van der Waals surface area contributed by atoms with Crippen molar-refractivity contribution in [3.8, 4) is 0 Å². The van der Waals surface area contributed by atoms with Gasteiger partial charge in [0.15, 0.2) is 9.84 Å². The molecule has 3 nitrogen and oxygen atoms in total. The summed E-state index contributed by atoms with van der Waals surface area (Å²) in [6.45, 7) is 5.54. The molecule has 0 bridgehead atoms. The minimum absolute atomic E-state index is 0.0528. The van der Waals surface area contributed by atoms with Crippen LogP contribution in [0, 0.1) is 0 Å². The highest BCUT2D eigenvalue weighted by Gasteiger charge is 2.21. The molecule has 2 unspecified atom stereocenters. The zero-order valence-electron chi connectivity index (χ0n) is 7.03. The first-order valence-electron chi connectivity index (χ1n) is 3.83. The fourth-order valence-corrected chi connectivity index (χ4v) is 2.33. The molecule has 0 radical (unpaired) electrons. The molecule has 1 aliphatic heterocycles. The number of hydrogen-bond donors (Lipinski definition) is 1. The summed E-state index contributed by atoms with van der Waals surface area (Å²) < 4.78 is 21.9. The zero-order valence-corrected chi connectivity index (χ0v) is 7.84. The highest BCUT2D eigenvalue weighted by Crippen LogP contribution is 2.08. The molecule has 1 N–H and O–H groups in total. The molecule has 0 saturated heterocycles. The average molecular weight is 187 g/mol. The van der Waals surface area contributed by atoms with Crippen molar-refractivity contribution in [3.05, 3.63) is 24.1 Å². The van der Waals surface area contributed by atoms with E-state index in [2.05, 4.69) is 11.9 Å². The molecule has 12 heavy (non-hydrogen) atoms. The van der Waals surface area contributed by atoms with Gasteiger partial charge in [-0.15, -0.1) is 6.58 Å². The molecule has 0 saturated carbocycles. The summed E-state index contributed by atoms with van der Waals surface area (Å²) in [6, 6.07) is 0.0935. The van der Waals surface area contributed by atoms with Crippen LogP contribution in [0.4, 0.5) is 0 Å². The topological polar surface area (TPSA) is 46.2 Å². The van der Waals surface area contributed by atoms with E-state index in [9.17, 15) is 8.42 Å². The second-order valence-corrected chi connectivity index (χ2v) is 4.89. The lowest BCUT2D eigenvalue weighted by atomic mass is 10.2. The average Bonchev–Trinajstić information content (AvgIpc) is 2.30. The number of hydrogen-bond acceptors (Lipinski definition) is 3. The lowest BCUT2D eigenvalue weighted by Crippen LogP contribution is -2.35. The zero-order chi connectivity index (χ0) is 9.19. The van der Waals surface area contributed by atoms with E-state index in [1.807, 2.05) is 6.92 Å². The number of rotatable bonds is 3. The summed E-state index contributed by atoms with van der Waals surface area (Å²) >= 11 is 0. The molecule has 0 aliphatic carbocycles.